The summed E-state index contributed by atoms with van der Waals surface area (Å²) in [7, 11) is 0. The lowest BCUT2D eigenvalue weighted by Gasteiger charge is -2.35. The molecule has 0 saturated heterocycles. The molecule has 0 amide bonds. The molecule has 0 unspecified atom stereocenters. The van der Waals surface area contributed by atoms with Crippen molar-refractivity contribution in [1.82, 2.24) is 0 Å². The largest absolute Gasteiger partial charge is 0.374 e. The van der Waals surface area contributed by atoms with Crippen LogP contribution in [0.4, 0.5) is 0 Å². The van der Waals surface area contributed by atoms with Crippen LogP contribution in [0.25, 0.3) is 0 Å². The maximum Gasteiger partial charge on any atom is 0.0651 e. The van der Waals surface area contributed by atoms with Crippen LogP contribution < -0.4 is 0 Å². The van der Waals surface area contributed by atoms with Crippen molar-refractivity contribution < 1.29 is 4.74 Å². The minimum Gasteiger partial charge on any atom is -0.374 e. The number of rotatable bonds is 9. The zero-order valence-electron chi connectivity index (χ0n) is 15.8. The lowest BCUT2D eigenvalue weighted by molar-refractivity contribution is 0.0331. The number of allylic oxidation sites excluding steroid dienone is 1. The molecule has 0 atom stereocenters. The van der Waals surface area contributed by atoms with Gasteiger partial charge in [0.2, 0.25) is 0 Å². The summed E-state index contributed by atoms with van der Waals surface area (Å²) in [6, 6.07) is 0. The Labute approximate surface area is 145 Å². The van der Waals surface area contributed by atoms with E-state index in [9.17, 15) is 0 Å². The zero-order valence-corrected chi connectivity index (χ0v) is 15.8. The Hall–Kier alpha value is -0.300. The van der Waals surface area contributed by atoms with Gasteiger partial charge in [0.05, 0.1) is 12.7 Å². The first-order chi connectivity index (χ1) is 11.3. The Balaban J connectivity index is 1.70. The molecular weight excluding hydrogens is 280 g/mol. The van der Waals surface area contributed by atoms with Crippen molar-refractivity contribution in [2.24, 2.45) is 11.3 Å². The molecule has 23 heavy (non-hydrogen) atoms. The van der Waals surface area contributed by atoms with Crippen LogP contribution in [0.15, 0.2) is 12.2 Å². The molecule has 0 bridgehead atoms. The van der Waals surface area contributed by atoms with Crippen LogP contribution in [-0.2, 0) is 4.74 Å². The molecule has 1 heteroatoms. The van der Waals surface area contributed by atoms with E-state index >= 15 is 0 Å². The van der Waals surface area contributed by atoms with Gasteiger partial charge in [0.15, 0.2) is 0 Å². The number of hydrogen-bond acceptors (Lipinski definition) is 1. The molecule has 0 N–H and O–H groups in total. The molecule has 2 aliphatic carbocycles. The van der Waals surface area contributed by atoms with Crippen molar-refractivity contribution >= 4 is 0 Å². The molecule has 1 nitrogen and oxygen atoms in total. The molecule has 0 radical (unpaired) electrons. The van der Waals surface area contributed by atoms with Crippen LogP contribution in [0.3, 0.4) is 0 Å². The standard InChI is InChI=1S/C22H40O/c1-3-5-15-22(16-7-6-8-17-22)18-9-19-23-21-13-11-20(10-4-2)12-14-21/h9,18,20-21H,3-8,10-17,19H2,1-2H3/b18-9+/t20-,21-. The Morgan fingerprint density at radius 3 is 2.35 bits per heavy atom. The van der Waals surface area contributed by atoms with E-state index in [2.05, 4.69) is 26.0 Å². The number of ether oxygens (including phenoxy) is 1. The third kappa shape index (κ3) is 6.61. The van der Waals surface area contributed by atoms with E-state index in [4.69, 9.17) is 4.74 Å². The third-order valence-electron chi connectivity index (χ3n) is 6.27. The van der Waals surface area contributed by atoms with E-state index < -0.39 is 0 Å². The summed E-state index contributed by atoms with van der Waals surface area (Å²) < 4.78 is 6.16. The molecular formula is C22H40O. The molecule has 2 fully saturated rings. The summed E-state index contributed by atoms with van der Waals surface area (Å²) in [4.78, 5) is 0. The molecule has 2 aliphatic rings. The highest BCUT2D eigenvalue weighted by Crippen LogP contribution is 2.41. The van der Waals surface area contributed by atoms with Gasteiger partial charge in [-0.2, -0.15) is 0 Å². The predicted octanol–water partition coefficient (Wildman–Crippen LogP) is 7.06. The van der Waals surface area contributed by atoms with Crippen LogP contribution in [0.1, 0.15) is 104 Å². The van der Waals surface area contributed by atoms with Crippen molar-refractivity contribution in [2.75, 3.05) is 6.61 Å². The van der Waals surface area contributed by atoms with E-state index in [1.807, 2.05) is 0 Å². The van der Waals surface area contributed by atoms with Gasteiger partial charge in [-0.1, -0.05) is 70.9 Å². The fourth-order valence-corrected chi connectivity index (χ4v) is 4.77. The number of hydrogen-bond donors (Lipinski definition) is 0. The maximum atomic E-state index is 6.16. The first kappa shape index (κ1) is 19.0. The average Bonchev–Trinajstić information content (AvgIpc) is 2.60. The van der Waals surface area contributed by atoms with E-state index in [1.165, 1.54) is 89.9 Å². The van der Waals surface area contributed by atoms with Gasteiger partial charge in [-0.25, -0.2) is 0 Å². The van der Waals surface area contributed by atoms with Crippen molar-refractivity contribution in [2.45, 2.75) is 110 Å². The molecule has 2 rings (SSSR count). The van der Waals surface area contributed by atoms with Crippen LogP contribution in [0.5, 0.6) is 0 Å². The van der Waals surface area contributed by atoms with E-state index in [0.717, 1.165) is 12.5 Å². The van der Waals surface area contributed by atoms with Gasteiger partial charge in [-0.05, 0) is 56.3 Å². The summed E-state index contributed by atoms with van der Waals surface area (Å²) in [5.41, 5.74) is 0.510. The second-order valence-electron chi connectivity index (χ2n) is 8.19. The van der Waals surface area contributed by atoms with Crippen LogP contribution in [-0.4, -0.2) is 12.7 Å². The fourth-order valence-electron chi connectivity index (χ4n) is 4.77. The summed E-state index contributed by atoms with van der Waals surface area (Å²) in [6.45, 7) is 5.47. The second-order valence-corrected chi connectivity index (χ2v) is 8.19. The minimum atomic E-state index is 0.510. The van der Waals surface area contributed by atoms with Crippen molar-refractivity contribution in [3.05, 3.63) is 12.2 Å². The van der Waals surface area contributed by atoms with Crippen LogP contribution >= 0.6 is 0 Å². The van der Waals surface area contributed by atoms with Gasteiger partial charge < -0.3 is 4.74 Å². The summed E-state index contributed by atoms with van der Waals surface area (Å²) >= 11 is 0. The van der Waals surface area contributed by atoms with E-state index in [1.54, 1.807) is 0 Å². The monoisotopic (exact) mass is 320 g/mol. The zero-order chi connectivity index (χ0) is 16.4. The van der Waals surface area contributed by atoms with E-state index in [-0.39, 0.29) is 0 Å². The summed E-state index contributed by atoms with van der Waals surface area (Å²) in [5.74, 6) is 0.981. The molecule has 0 aromatic carbocycles. The first-order valence-corrected chi connectivity index (χ1v) is 10.6. The lowest BCUT2D eigenvalue weighted by Crippen LogP contribution is -2.23. The molecule has 134 valence electrons. The Morgan fingerprint density at radius 2 is 1.70 bits per heavy atom. The summed E-state index contributed by atoms with van der Waals surface area (Å²) in [6.07, 6.45) is 24.8. The van der Waals surface area contributed by atoms with Crippen LogP contribution in [0, 0.1) is 11.3 Å². The predicted molar refractivity (Wildman–Crippen MR) is 101 cm³/mol. The molecule has 0 aromatic rings. The Bertz CT molecular complexity index is 319. The minimum absolute atomic E-state index is 0.510. The Morgan fingerprint density at radius 1 is 0.957 bits per heavy atom. The average molecular weight is 321 g/mol. The smallest absolute Gasteiger partial charge is 0.0651 e. The van der Waals surface area contributed by atoms with Gasteiger partial charge in [-0.3, -0.25) is 0 Å². The maximum absolute atomic E-state index is 6.16. The molecule has 0 heterocycles. The van der Waals surface area contributed by atoms with Gasteiger partial charge in [0, 0.05) is 0 Å². The normalized spacial score (nSPS) is 28.3. The highest BCUT2D eigenvalue weighted by atomic mass is 16.5. The van der Waals surface area contributed by atoms with E-state index in [0.29, 0.717) is 11.5 Å². The van der Waals surface area contributed by atoms with Crippen molar-refractivity contribution in [3.63, 3.8) is 0 Å². The molecule has 2 saturated carbocycles. The summed E-state index contributed by atoms with van der Waals surface area (Å²) in [5, 5.41) is 0. The van der Waals surface area contributed by atoms with Crippen molar-refractivity contribution in [3.8, 4) is 0 Å². The fraction of sp³-hybridized carbons (Fsp3) is 0.909. The quantitative estimate of drug-likeness (QED) is 0.413. The van der Waals surface area contributed by atoms with Gasteiger partial charge in [0.1, 0.15) is 0 Å². The van der Waals surface area contributed by atoms with Crippen molar-refractivity contribution in [1.29, 1.82) is 0 Å². The molecule has 0 aliphatic heterocycles. The second kappa shape index (κ2) is 10.5. The Kier molecular flexibility index (Phi) is 8.72. The highest BCUT2D eigenvalue weighted by molar-refractivity contribution is 5.01. The SMILES string of the molecule is CCCCC1(/C=C/CO[C@H]2CC[C@H](CCC)CC2)CCCCC1. The number of unbranched alkanes of at least 4 members (excludes halogenated alkanes) is 1. The topological polar surface area (TPSA) is 9.23 Å². The van der Waals surface area contributed by atoms with Crippen LogP contribution in [0.2, 0.25) is 0 Å². The first-order valence-electron chi connectivity index (χ1n) is 10.6. The lowest BCUT2D eigenvalue weighted by atomic mass is 9.71. The van der Waals surface area contributed by atoms with Gasteiger partial charge in [-0.15, -0.1) is 0 Å². The van der Waals surface area contributed by atoms with Gasteiger partial charge >= 0.3 is 0 Å². The third-order valence-corrected chi connectivity index (χ3v) is 6.27. The highest BCUT2D eigenvalue weighted by Gasteiger charge is 2.28. The van der Waals surface area contributed by atoms with Gasteiger partial charge in [0.25, 0.3) is 0 Å². The molecule has 0 aromatic heterocycles. The molecule has 0 spiro atoms.